The van der Waals surface area contributed by atoms with Gasteiger partial charge in [0.1, 0.15) is 11.9 Å². The van der Waals surface area contributed by atoms with E-state index in [0.717, 1.165) is 47.0 Å². The van der Waals surface area contributed by atoms with E-state index in [2.05, 4.69) is 45.3 Å². The highest BCUT2D eigenvalue weighted by Gasteiger charge is 2.36. The number of hydrogen-bond donors (Lipinski definition) is 1. The van der Waals surface area contributed by atoms with Crippen LogP contribution in [0.1, 0.15) is 54.4 Å². The summed E-state index contributed by atoms with van der Waals surface area (Å²) in [4.78, 5) is 19.0. The molecule has 6 rings (SSSR count). The summed E-state index contributed by atoms with van der Waals surface area (Å²) < 4.78 is 16.0. The molecule has 3 heterocycles. The van der Waals surface area contributed by atoms with Gasteiger partial charge in [-0.25, -0.2) is 9.07 Å². The molecule has 0 unspecified atom stereocenters. The fourth-order valence-electron chi connectivity index (χ4n) is 5.53. The molecule has 38 heavy (non-hydrogen) atoms. The molecule has 0 saturated carbocycles. The molecule has 3 aromatic carbocycles. The Kier molecular flexibility index (Phi) is 6.23. The lowest BCUT2D eigenvalue weighted by Gasteiger charge is -2.42. The quantitative estimate of drug-likeness (QED) is 0.341. The van der Waals surface area contributed by atoms with E-state index in [1.165, 1.54) is 11.6 Å². The largest absolute Gasteiger partial charge is 0.354 e. The maximum Gasteiger partial charge on any atom is 0.254 e. The number of nitrogens with zero attached hydrogens (tertiary/aromatic N) is 5. The predicted octanol–water partition coefficient (Wildman–Crippen LogP) is 5.20. The molecule has 2 atom stereocenters. The third kappa shape index (κ3) is 4.36. The summed E-state index contributed by atoms with van der Waals surface area (Å²) in [6.07, 6.45) is 2.48. The number of aryl methyl sites for hydroxylation is 2. The Morgan fingerprint density at radius 2 is 1.89 bits per heavy atom. The molecule has 0 fully saturated rings. The molecule has 2 aromatic heterocycles. The van der Waals surface area contributed by atoms with Gasteiger partial charge in [0.15, 0.2) is 5.82 Å². The van der Waals surface area contributed by atoms with Crippen LogP contribution in [0.5, 0.6) is 0 Å². The lowest BCUT2D eigenvalue weighted by Crippen LogP contribution is -2.43. The molecule has 1 aliphatic rings. The number of halogens is 1. The Morgan fingerprint density at radius 1 is 1.05 bits per heavy atom. The second-order valence-electron chi connectivity index (χ2n) is 9.98. The first kappa shape index (κ1) is 24.0. The van der Waals surface area contributed by atoms with Crippen molar-refractivity contribution in [1.29, 1.82) is 0 Å². The number of anilines is 1. The van der Waals surface area contributed by atoms with Gasteiger partial charge in [0, 0.05) is 22.8 Å². The van der Waals surface area contributed by atoms with Crippen molar-refractivity contribution in [1.82, 2.24) is 25.2 Å². The second kappa shape index (κ2) is 9.85. The summed E-state index contributed by atoms with van der Waals surface area (Å²) in [6, 6.07) is 22.4. The van der Waals surface area contributed by atoms with Crippen LogP contribution in [-0.2, 0) is 19.4 Å². The molecule has 7 nitrogen and oxygen atoms in total. The van der Waals surface area contributed by atoms with E-state index in [-0.39, 0.29) is 17.4 Å². The standard InChI is InChI=1S/C30H29FN6O/c1-3-20-10-13-26-23(15-20)17-25(30(38)32-26)28(29-33-34-35-36(29)18-21-7-5-4-6-8-21)37-19(2)9-11-22-16-24(31)12-14-27(22)37/h4-8,10,12-17,19,28H,3,9,11,18H2,1-2H3,(H,32,38)/t19-,28+/m0/s1. The fraction of sp³-hybridized carbons (Fsp3) is 0.267. The number of tetrazole rings is 1. The molecule has 0 aliphatic carbocycles. The first-order valence-electron chi connectivity index (χ1n) is 13.0. The highest BCUT2D eigenvalue weighted by atomic mass is 19.1. The van der Waals surface area contributed by atoms with Crippen molar-refractivity contribution >= 4 is 16.6 Å². The number of nitrogens with one attached hydrogen (secondary N) is 1. The maximum atomic E-state index is 14.2. The Hall–Kier alpha value is -4.33. The minimum absolute atomic E-state index is 0.0666. The van der Waals surface area contributed by atoms with Crippen molar-refractivity contribution in [3.63, 3.8) is 0 Å². The first-order valence-corrected chi connectivity index (χ1v) is 13.0. The third-order valence-electron chi connectivity index (χ3n) is 7.52. The Bertz CT molecular complexity index is 1660. The molecule has 0 bridgehead atoms. The Labute approximate surface area is 219 Å². The van der Waals surface area contributed by atoms with Crippen molar-refractivity contribution < 1.29 is 4.39 Å². The van der Waals surface area contributed by atoms with Gasteiger partial charge in [-0.2, -0.15) is 0 Å². The van der Waals surface area contributed by atoms with Crippen molar-refractivity contribution in [3.8, 4) is 0 Å². The number of benzene rings is 3. The highest BCUT2D eigenvalue weighted by Crippen LogP contribution is 2.40. The van der Waals surface area contributed by atoms with Crippen LogP contribution in [0.3, 0.4) is 0 Å². The number of fused-ring (bicyclic) bond motifs is 2. The average molecular weight is 509 g/mol. The van der Waals surface area contributed by atoms with Crippen LogP contribution >= 0.6 is 0 Å². The zero-order valence-electron chi connectivity index (χ0n) is 21.4. The summed E-state index contributed by atoms with van der Waals surface area (Å²) >= 11 is 0. The van der Waals surface area contributed by atoms with E-state index in [4.69, 9.17) is 0 Å². The predicted molar refractivity (Wildman–Crippen MR) is 146 cm³/mol. The lowest BCUT2D eigenvalue weighted by molar-refractivity contribution is 0.491. The zero-order chi connectivity index (χ0) is 26.2. The first-order chi connectivity index (χ1) is 18.5. The molecule has 0 radical (unpaired) electrons. The van der Waals surface area contributed by atoms with Gasteiger partial charge in [-0.1, -0.05) is 43.3 Å². The minimum atomic E-state index is -0.577. The van der Waals surface area contributed by atoms with Crippen LogP contribution in [0.4, 0.5) is 10.1 Å². The maximum absolute atomic E-state index is 14.2. The van der Waals surface area contributed by atoms with Gasteiger partial charge in [0.2, 0.25) is 0 Å². The average Bonchev–Trinajstić information content (AvgIpc) is 3.38. The molecule has 0 saturated heterocycles. The number of rotatable bonds is 6. The SMILES string of the molecule is CCc1ccc2[nH]c(=O)c([C@H](c3nnnn3Cc3ccccc3)N3c4ccc(F)cc4CC[C@@H]3C)cc2c1. The summed E-state index contributed by atoms with van der Waals surface area (Å²) in [6.45, 7) is 4.71. The molecule has 192 valence electrons. The van der Waals surface area contributed by atoms with Gasteiger partial charge in [0.25, 0.3) is 5.56 Å². The molecular formula is C30H29FN6O. The molecular weight excluding hydrogens is 479 g/mol. The van der Waals surface area contributed by atoms with Crippen LogP contribution < -0.4 is 10.5 Å². The summed E-state index contributed by atoms with van der Waals surface area (Å²) in [7, 11) is 0. The summed E-state index contributed by atoms with van der Waals surface area (Å²) in [5.41, 5.74) is 5.20. The van der Waals surface area contributed by atoms with Crippen LogP contribution in [0.25, 0.3) is 10.9 Å². The zero-order valence-corrected chi connectivity index (χ0v) is 21.4. The monoisotopic (exact) mass is 508 g/mol. The number of H-pyrrole nitrogens is 1. The Balaban J connectivity index is 1.57. The second-order valence-corrected chi connectivity index (χ2v) is 9.98. The van der Waals surface area contributed by atoms with Gasteiger partial charge in [0.05, 0.1) is 6.54 Å². The van der Waals surface area contributed by atoms with E-state index in [1.54, 1.807) is 10.7 Å². The van der Waals surface area contributed by atoms with E-state index < -0.39 is 6.04 Å². The highest BCUT2D eigenvalue weighted by molar-refractivity contribution is 5.80. The summed E-state index contributed by atoms with van der Waals surface area (Å²) in [5, 5.41) is 13.8. The minimum Gasteiger partial charge on any atom is -0.354 e. The smallest absolute Gasteiger partial charge is 0.254 e. The molecule has 1 N–H and O–H groups in total. The third-order valence-corrected chi connectivity index (χ3v) is 7.52. The van der Waals surface area contributed by atoms with E-state index in [9.17, 15) is 9.18 Å². The van der Waals surface area contributed by atoms with Crippen molar-refractivity contribution in [2.75, 3.05) is 4.90 Å². The van der Waals surface area contributed by atoms with Crippen LogP contribution in [0.15, 0.2) is 77.6 Å². The van der Waals surface area contributed by atoms with Gasteiger partial charge < -0.3 is 9.88 Å². The van der Waals surface area contributed by atoms with Gasteiger partial charge >= 0.3 is 0 Å². The van der Waals surface area contributed by atoms with Gasteiger partial charge in [-0.15, -0.1) is 5.10 Å². The van der Waals surface area contributed by atoms with Crippen LogP contribution in [-0.4, -0.2) is 31.2 Å². The topological polar surface area (TPSA) is 79.7 Å². The van der Waals surface area contributed by atoms with E-state index >= 15 is 0 Å². The van der Waals surface area contributed by atoms with Crippen LogP contribution in [0, 0.1) is 5.82 Å². The van der Waals surface area contributed by atoms with Crippen LogP contribution in [0.2, 0.25) is 0 Å². The number of pyridine rings is 1. The fourth-order valence-corrected chi connectivity index (χ4v) is 5.53. The molecule has 5 aromatic rings. The number of aromatic nitrogens is 5. The number of hydrogen-bond acceptors (Lipinski definition) is 5. The molecule has 0 spiro atoms. The molecule has 8 heteroatoms. The number of aromatic amines is 1. The van der Waals surface area contributed by atoms with E-state index in [0.29, 0.717) is 17.9 Å². The van der Waals surface area contributed by atoms with Crippen molar-refractivity contribution in [2.45, 2.75) is 51.7 Å². The summed E-state index contributed by atoms with van der Waals surface area (Å²) in [5.74, 6) is 0.300. The van der Waals surface area contributed by atoms with Crippen molar-refractivity contribution in [2.24, 2.45) is 0 Å². The molecule has 1 aliphatic heterocycles. The Morgan fingerprint density at radius 3 is 2.71 bits per heavy atom. The van der Waals surface area contributed by atoms with Gasteiger partial charge in [-0.05, 0) is 95.1 Å². The normalized spacial score (nSPS) is 16.0. The molecule has 0 amide bonds. The van der Waals surface area contributed by atoms with E-state index in [1.807, 2.05) is 54.6 Å². The van der Waals surface area contributed by atoms with Crippen molar-refractivity contribution in [3.05, 3.63) is 117 Å². The lowest BCUT2D eigenvalue weighted by atomic mass is 9.92. The van der Waals surface area contributed by atoms with Gasteiger partial charge in [-0.3, -0.25) is 4.79 Å².